The summed E-state index contributed by atoms with van der Waals surface area (Å²) in [5, 5.41) is 3.02. The highest BCUT2D eigenvalue weighted by Crippen LogP contribution is 2.21. The molecule has 1 fully saturated rings. The molecule has 0 aromatic heterocycles. The molecule has 112 valence electrons. The number of nitrogens with zero attached hydrogens (tertiary/aromatic N) is 1. The highest BCUT2D eigenvalue weighted by Gasteiger charge is 2.27. The van der Waals surface area contributed by atoms with Crippen LogP contribution < -0.4 is 5.32 Å². The van der Waals surface area contributed by atoms with Crippen molar-refractivity contribution < 1.29 is 9.53 Å². The molecular weight excluding hydrogens is 260 g/mol. The van der Waals surface area contributed by atoms with Crippen molar-refractivity contribution >= 4 is 17.8 Å². The van der Waals surface area contributed by atoms with E-state index in [1.807, 2.05) is 16.7 Å². The van der Waals surface area contributed by atoms with E-state index in [0.29, 0.717) is 12.6 Å². The van der Waals surface area contributed by atoms with Gasteiger partial charge in [-0.3, -0.25) is 0 Å². The number of hydrogen-bond donors (Lipinski definition) is 1. The van der Waals surface area contributed by atoms with Crippen LogP contribution in [0.2, 0.25) is 0 Å². The maximum absolute atomic E-state index is 12.3. The number of thioether (sulfide) groups is 1. The Labute approximate surface area is 121 Å². The third kappa shape index (κ3) is 5.22. The number of nitrogens with one attached hydrogen (secondary N) is 1. The molecule has 0 aromatic carbocycles. The van der Waals surface area contributed by atoms with Gasteiger partial charge < -0.3 is 15.0 Å². The van der Waals surface area contributed by atoms with Gasteiger partial charge in [0.05, 0.1) is 6.10 Å². The van der Waals surface area contributed by atoms with E-state index in [2.05, 4.69) is 33.0 Å². The van der Waals surface area contributed by atoms with Gasteiger partial charge in [0, 0.05) is 32.0 Å². The Morgan fingerprint density at radius 2 is 2.16 bits per heavy atom. The van der Waals surface area contributed by atoms with Crippen molar-refractivity contribution in [3.8, 4) is 0 Å². The molecule has 1 rings (SSSR count). The number of amides is 2. The molecule has 0 bridgehead atoms. The Kier molecular flexibility index (Phi) is 6.47. The third-order valence-corrected chi connectivity index (χ3v) is 4.63. The summed E-state index contributed by atoms with van der Waals surface area (Å²) < 4.78 is 5.47. The number of urea groups is 1. The molecule has 0 aromatic rings. The summed E-state index contributed by atoms with van der Waals surface area (Å²) in [6.07, 6.45) is 1.11. The lowest BCUT2D eigenvalue weighted by Crippen LogP contribution is -2.49. The van der Waals surface area contributed by atoms with Crippen LogP contribution in [-0.4, -0.2) is 54.8 Å². The van der Waals surface area contributed by atoms with Crippen molar-refractivity contribution in [1.82, 2.24) is 10.2 Å². The molecule has 0 spiro atoms. The highest BCUT2D eigenvalue weighted by molar-refractivity contribution is 7.99. The standard InChI is InChI=1S/C14H28N2O2S/c1-11-6-8-19-9-7-16(11)13(17)15-10-12(18-5)14(2,3)4/h11-12H,6-10H2,1-5H3,(H,15,17)/t11-,12+/m1/s1. The average Bonchev–Trinajstić information content (AvgIpc) is 2.52. The van der Waals surface area contributed by atoms with Crippen LogP contribution in [0.5, 0.6) is 0 Å². The Hall–Kier alpha value is -0.420. The molecule has 1 N–H and O–H groups in total. The van der Waals surface area contributed by atoms with Crippen molar-refractivity contribution in [3.63, 3.8) is 0 Å². The molecule has 2 amide bonds. The second kappa shape index (κ2) is 7.39. The quantitative estimate of drug-likeness (QED) is 0.868. The van der Waals surface area contributed by atoms with Gasteiger partial charge in [0.15, 0.2) is 0 Å². The molecule has 0 aliphatic carbocycles. The van der Waals surface area contributed by atoms with Crippen LogP contribution in [0.15, 0.2) is 0 Å². The SMILES string of the molecule is CO[C@@H](CNC(=O)N1CCSCC[C@H]1C)C(C)(C)C. The van der Waals surface area contributed by atoms with Gasteiger partial charge in [-0.05, 0) is 24.5 Å². The number of carbonyl (C=O) groups excluding carboxylic acids is 1. The summed E-state index contributed by atoms with van der Waals surface area (Å²) in [7, 11) is 1.70. The Morgan fingerprint density at radius 3 is 2.74 bits per heavy atom. The van der Waals surface area contributed by atoms with Crippen LogP contribution >= 0.6 is 11.8 Å². The number of hydrogen-bond acceptors (Lipinski definition) is 3. The first-order chi connectivity index (χ1) is 8.86. The molecule has 1 aliphatic heterocycles. The van der Waals surface area contributed by atoms with Crippen LogP contribution in [0.1, 0.15) is 34.1 Å². The predicted octanol–water partition coefficient (Wildman–Crippen LogP) is 2.58. The van der Waals surface area contributed by atoms with E-state index in [9.17, 15) is 4.79 Å². The van der Waals surface area contributed by atoms with Crippen LogP contribution in [0.4, 0.5) is 4.79 Å². The van der Waals surface area contributed by atoms with Gasteiger partial charge in [-0.2, -0.15) is 11.8 Å². The summed E-state index contributed by atoms with van der Waals surface area (Å²) in [6.45, 7) is 9.90. The van der Waals surface area contributed by atoms with Gasteiger partial charge in [-0.25, -0.2) is 4.79 Å². The van der Waals surface area contributed by atoms with Crippen LogP contribution in [0.25, 0.3) is 0 Å². The topological polar surface area (TPSA) is 41.6 Å². The monoisotopic (exact) mass is 288 g/mol. The van der Waals surface area contributed by atoms with E-state index in [-0.39, 0.29) is 17.6 Å². The number of carbonyl (C=O) groups is 1. The zero-order chi connectivity index (χ0) is 14.5. The molecule has 1 saturated heterocycles. The first kappa shape index (κ1) is 16.6. The summed E-state index contributed by atoms with van der Waals surface area (Å²) in [6, 6.07) is 0.368. The fraction of sp³-hybridized carbons (Fsp3) is 0.929. The van der Waals surface area contributed by atoms with Crippen molar-refractivity contribution in [2.24, 2.45) is 5.41 Å². The molecule has 0 saturated carbocycles. The molecule has 0 unspecified atom stereocenters. The fourth-order valence-corrected chi connectivity index (χ4v) is 3.26. The Morgan fingerprint density at radius 1 is 1.47 bits per heavy atom. The first-order valence-corrected chi connectivity index (χ1v) is 8.16. The lowest BCUT2D eigenvalue weighted by atomic mass is 9.89. The molecule has 4 nitrogen and oxygen atoms in total. The molecule has 2 atom stereocenters. The predicted molar refractivity (Wildman–Crippen MR) is 81.8 cm³/mol. The smallest absolute Gasteiger partial charge is 0.317 e. The molecule has 0 radical (unpaired) electrons. The van der Waals surface area contributed by atoms with E-state index >= 15 is 0 Å². The normalized spacial score (nSPS) is 22.8. The number of methoxy groups -OCH3 is 1. The summed E-state index contributed by atoms with van der Waals surface area (Å²) in [5.74, 6) is 2.18. The van der Waals surface area contributed by atoms with E-state index in [1.165, 1.54) is 0 Å². The van der Waals surface area contributed by atoms with Crippen molar-refractivity contribution in [1.29, 1.82) is 0 Å². The zero-order valence-electron chi connectivity index (χ0n) is 12.9. The van der Waals surface area contributed by atoms with E-state index in [0.717, 1.165) is 24.5 Å². The highest BCUT2D eigenvalue weighted by atomic mass is 32.2. The van der Waals surface area contributed by atoms with E-state index in [1.54, 1.807) is 7.11 Å². The van der Waals surface area contributed by atoms with Gasteiger partial charge in [-0.15, -0.1) is 0 Å². The third-order valence-electron chi connectivity index (χ3n) is 3.64. The summed E-state index contributed by atoms with van der Waals surface area (Å²) in [4.78, 5) is 14.2. The minimum Gasteiger partial charge on any atom is -0.379 e. The van der Waals surface area contributed by atoms with Gasteiger partial charge in [0.2, 0.25) is 0 Å². The zero-order valence-corrected chi connectivity index (χ0v) is 13.7. The van der Waals surface area contributed by atoms with Crippen LogP contribution in [0.3, 0.4) is 0 Å². The average molecular weight is 288 g/mol. The van der Waals surface area contributed by atoms with Crippen LogP contribution in [0, 0.1) is 5.41 Å². The Balaban J connectivity index is 2.49. The van der Waals surface area contributed by atoms with Crippen LogP contribution in [-0.2, 0) is 4.74 Å². The van der Waals surface area contributed by atoms with Gasteiger partial charge in [0.25, 0.3) is 0 Å². The molecule has 5 heteroatoms. The van der Waals surface area contributed by atoms with Gasteiger partial charge >= 0.3 is 6.03 Å². The maximum atomic E-state index is 12.3. The lowest BCUT2D eigenvalue weighted by Gasteiger charge is -2.32. The number of ether oxygens (including phenoxy) is 1. The largest absolute Gasteiger partial charge is 0.379 e. The van der Waals surface area contributed by atoms with E-state index in [4.69, 9.17) is 4.74 Å². The minimum atomic E-state index is 0.0300. The second-order valence-electron chi connectivity index (χ2n) is 6.22. The van der Waals surface area contributed by atoms with Gasteiger partial charge in [0.1, 0.15) is 0 Å². The molecular formula is C14H28N2O2S. The molecule has 1 aliphatic rings. The van der Waals surface area contributed by atoms with E-state index < -0.39 is 0 Å². The lowest BCUT2D eigenvalue weighted by molar-refractivity contribution is 0.0183. The second-order valence-corrected chi connectivity index (χ2v) is 7.44. The summed E-state index contributed by atoms with van der Waals surface area (Å²) >= 11 is 1.93. The van der Waals surface area contributed by atoms with Crippen molar-refractivity contribution in [2.75, 3.05) is 31.7 Å². The maximum Gasteiger partial charge on any atom is 0.317 e. The van der Waals surface area contributed by atoms with Gasteiger partial charge in [-0.1, -0.05) is 20.8 Å². The first-order valence-electron chi connectivity index (χ1n) is 7.01. The summed E-state index contributed by atoms with van der Waals surface area (Å²) in [5.41, 5.74) is 0.0300. The van der Waals surface area contributed by atoms with Crippen molar-refractivity contribution in [2.45, 2.75) is 46.3 Å². The minimum absolute atomic E-state index is 0.0300. The van der Waals surface area contributed by atoms with Crippen molar-refractivity contribution in [3.05, 3.63) is 0 Å². The molecule has 19 heavy (non-hydrogen) atoms. The molecule has 1 heterocycles. The number of rotatable bonds is 3. The Bertz CT molecular complexity index is 292. The fourth-order valence-electron chi connectivity index (χ4n) is 2.22.